The normalized spacial score (nSPS) is 17.4. The summed E-state index contributed by atoms with van der Waals surface area (Å²) in [5.41, 5.74) is 8.17. The highest BCUT2D eigenvalue weighted by atomic mass is 79.9. The van der Waals surface area contributed by atoms with Crippen LogP contribution in [0.3, 0.4) is 0 Å². The molecule has 2 nitrogen and oxygen atoms in total. The van der Waals surface area contributed by atoms with Crippen molar-refractivity contribution in [3.8, 4) is 0 Å². The monoisotopic (exact) mass is 282 g/mol. The van der Waals surface area contributed by atoms with Crippen LogP contribution in [0.5, 0.6) is 0 Å². The third-order valence-electron chi connectivity index (χ3n) is 3.29. The Labute approximate surface area is 106 Å². The Morgan fingerprint density at radius 2 is 2.00 bits per heavy atom. The first kappa shape index (κ1) is 11.9. The minimum Gasteiger partial charge on any atom is -0.382 e. The maximum Gasteiger partial charge on any atom is 0.0399 e. The van der Waals surface area contributed by atoms with Gasteiger partial charge in [-0.25, -0.2) is 0 Å². The van der Waals surface area contributed by atoms with Crippen LogP contribution in [0, 0.1) is 0 Å². The van der Waals surface area contributed by atoms with Crippen LogP contribution >= 0.6 is 15.9 Å². The molecule has 88 valence electrons. The summed E-state index contributed by atoms with van der Waals surface area (Å²) in [4.78, 5) is 0. The molecular formula is C13H19BrN2. The SMILES string of the molecule is NCc1c(Br)cccc1NC1CCCCC1. The van der Waals surface area contributed by atoms with Crippen LogP contribution in [-0.2, 0) is 6.54 Å². The molecular weight excluding hydrogens is 264 g/mol. The molecule has 16 heavy (non-hydrogen) atoms. The highest BCUT2D eigenvalue weighted by Crippen LogP contribution is 2.27. The first-order valence-electron chi connectivity index (χ1n) is 6.05. The van der Waals surface area contributed by atoms with E-state index in [0.717, 1.165) is 4.47 Å². The molecule has 3 heteroatoms. The van der Waals surface area contributed by atoms with Crippen molar-refractivity contribution >= 4 is 21.6 Å². The number of halogens is 1. The molecule has 0 amide bonds. The molecule has 1 aliphatic rings. The summed E-state index contributed by atoms with van der Waals surface area (Å²) in [5, 5.41) is 3.63. The van der Waals surface area contributed by atoms with E-state index in [0.29, 0.717) is 12.6 Å². The Kier molecular flexibility index (Phi) is 4.24. The Morgan fingerprint density at radius 3 is 2.69 bits per heavy atom. The van der Waals surface area contributed by atoms with Gasteiger partial charge in [0.15, 0.2) is 0 Å². The number of rotatable bonds is 3. The summed E-state index contributed by atoms with van der Waals surface area (Å²) >= 11 is 3.55. The van der Waals surface area contributed by atoms with E-state index in [-0.39, 0.29) is 0 Å². The van der Waals surface area contributed by atoms with Gasteiger partial charge in [-0.3, -0.25) is 0 Å². The average molecular weight is 283 g/mol. The number of nitrogens with one attached hydrogen (secondary N) is 1. The van der Waals surface area contributed by atoms with Crippen molar-refractivity contribution in [2.75, 3.05) is 5.32 Å². The molecule has 2 rings (SSSR count). The van der Waals surface area contributed by atoms with Crippen LogP contribution in [0.2, 0.25) is 0 Å². The standard InChI is InChI=1S/C13H19BrN2/c14-12-7-4-8-13(11(12)9-15)16-10-5-2-1-3-6-10/h4,7-8,10,16H,1-3,5-6,9,15H2. The first-order chi connectivity index (χ1) is 7.81. The fraction of sp³-hybridized carbons (Fsp3) is 0.538. The van der Waals surface area contributed by atoms with Gasteiger partial charge < -0.3 is 11.1 Å². The quantitative estimate of drug-likeness (QED) is 0.888. The molecule has 3 N–H and O–H groups in total. The maximum atomic E-state index is 5.79. The summed E-state index contributed by atoms with van der Waals surface area (Å²) in [5.74, 6) is 0. The van der Waals surface area contributed by atoms with Gasteiger partial charge in [-0.1, -0.05) is 41.3 Å². The van der Waals surface area contributed by atoms with Gasteiger partial charge >= 0.3 is 0 Å². The highest BCUT2D eigenvalue weighted by molar-refractivity contribution is 9.10. The lowest BCUT2D eigenvalue weighted by molar-refractivity contribution is 0.462. The molecule has 0 spiro atoms. The van der Waals surface area contributed by atoms with Gasteiger partial charge in [-0.2, -0.15) is 0 Å². The Balaban J connectivity index is 2.10. The average Bonchev–Trinajstić information content (AvgIpc) is 2.31. The zero-order valence-corrected chi connectivity index (χ0v) is 11.1. The molecule has 0 aromatic heterocycles. The molecule has 1 aromatic rings. The second kappa shape index (κ2) is 5.69. The van der Waals surface area contributed by atoms with Crippen molar-refractivity contribution in [1.82, 2.24) is 0 Å². The number of hydrogen-bond donors (Lipinski definition) is 2. The topological polar surface area (TPSA) is 38.0 Å². The molecule has 1 fully saturated rings. The van der Waals surface area contributed by atoms with Crippen LogP contribution < -0.4 is 11.1 Å². The summed E-state index contributed by atoms with van der Waals surface area (Å²) in [6.07, 6.45) is 6.67. The maximum absolute atomic E-state index is 5.79. The molecule has 1 aromatic carbocycles. The largest absolute Gasteiger partial charge is 0.382 e. The molecule has 0 unspecified atom stereocenters. The van der Waals surface area contributed by atoms with Gasteiger partial charge in [0.05, 0.1) is 0 Å². The Morgan fingerprint density at radius 1 is 1.25 bits per heavy atom. The van der Waals surface area contributed by atoms with E-state index in [1.807, 2.05) is 6.07 Å². The van der Waals surface area contributed by atoms with E-state index >= 15 is 0 Å². The van der Waals surface area contributed by atoms with Crippen LogP contribution in [0.25, 0.3) is 0 Å². The van der Waals surface area contributed by atoms with Gasteiger partial charge in [0.1, 0.15) is 0 Å². The fourth-order valence-electron chi connectivity index (χ4n) is 2.37. The Hall–Kier alpha value is -0.540. The lowest BCUT2D eigenvalue weighted by Gasteiger charge is -2.25. The minimum absolute atomic E-state index is 0.580. The second-order valence-corrected chi connectivity index (χ2v) is 5.30. The minimum atomic E-state index is 0.580. The summed E-state index contributed by atoms with van der Waals surface area (Å²) in [6, 6.07) is 6.87. The number of anilines is 1. The first-order valence-corrected chi connectivity index (χ1v) is 6.84. The van der Waals surface area contributed by atoms with E-state index < -0.39 is 0 Å². The summed E-state index contributed by atoms with van der Waals surface area (Å²) < 4.78 is 1.11. The van der Waals surface area contributed by atoms with Crippen molar-refractivity contribution in [2.24, 2.45) is 5.73 Å². The van der Waals surface area contributed by atoms with Gasteiger partial charge in [0.2, 0.25) is 0 Å². The van der Waals surface area contributed by atoms with E-state index in [2.05, 4.69) is 33.4 Å². The second-order valence-electron chi connectivity index (χ2n) is 4.45. The zero-order chi connectivity index (χ0) is 11.4. The van der Waals surface area contributed by atoms with Crippen LogP contribution in [0.4, 0.5) is 5.69 Å². The third-order valence-corrected chi connectivity index (χ3v) is 4.03. The molecule has 0 saturated heterocycles. The van der Waals surface area contributed by atoms with Crippen LogP contribution in [0.15, 0.2) is 22.7 Å². The van der Waals surface area contributed by atoms with E-state index in [1.165, 1.54) is 43.4 Å². The third kappa shape index (κ3) is 2.77. The van der Waals surface area contributed by atoms with E-state index in [9.17, 15) is 0 Å². The van der Waals surface area contributed by atoms with E-state index in [1.54, 1.807) is 0 Å². The van der Waals surface area contributed by atoms with Crippen molar-refractivity contribution in [2.45, 2.75) is 44.7 Å². The molecule has 0 bridgehead atoms. The smallest absolute Gasteiger partial charge is 0.0399 e. The summed E-state index contributed by atoms with van der Waals surface area (Å²) in [7, 11) is 0. The highest BCUT2D eigenvalue weighted by Gasteiger charge is 2.14. The lowest BCUT2D eigenvalue weighted by atomic mass is 9.95. The molecule has 0 aliphatic heterocycles. The van der Waals surface area contributed by atoms with Crippen molar-refractivity contribution in [3.63, 3.8) is 0 Å². The predicted octanol–water partition coefficient (Wildman–Crippen LogP) is 3.65. The zero-order valence-electron chi connectivity index (χ0n) is 9.51. The van der Waals surface area contributed by atoms with Gasteiger partial charge in [-0.15, -0.1) is 0 Å². The van der Waals surface area contributed by atoms with E-state index in [4.69, 9.17) is 5.73 Å². The van der Waals surface area contributed by atoms with Gasteiger partial charge in [0, 0.05) is 28.3 Å². The lowest BCUT2D eigenvalue weighted by Crippen LogP contribution is -2.23. The molecule has 0 atom stereocenters. The Bertz CT molecular complexity index is 346. The predicted molar refractivity (Wildman–Crippen MR) is 72.5 cm³/mol. The van der Waals surface area contributed by atoms with Crippen LogP contribution in [0.1, 0.15) is 37.7 Å². The number of nitrogens with two attached hydrogens (primary N) is 1. The van der Waals surface area contributed by atoms with Crippen molar-refractivity contribution in [3.05, 3.63) is 28.2 Å². The van der Waals surface area contributed by atoms with Gasteiger partial charge in [0.25, 0.3) is 0 Å². The molecule has 1 aliphatic carbocycles. The molecule has 0 heterocycles. The number of hydrogen-bond acceptors (Lipinski definition) is 2. The van der Waals surface area contributed by atoms with Crippen LogP contribution in [-0.4, -0.2) is 6.04 Å². The summed E-state index contributed by atoms with van der Waals surface area (Å²) in [6.45, 7) is 0.580. The van der Waals surface area contributed by atoms with Crippen molar-refractivity contribution in [1.29, 1.82) is 0 Å². The van der Waals surface area contributed by atoms with Gasteiger partial charge in [-0.05, 0) is 25.0 Å². The fourth-order valence-corrected chi connectivity index (χ4v) is 2.90. The molecule has 1 saturated carbocycles. The molecule has 0 radical (unpaired) electrons. The van der Waals surface area contributed by atoms with Crippen molar-refractivity contribution < 1.29 is 0 Å². The number of benzene rings is 1.